The van der Waals surface area contributed by atoms with Crippen LogP contribution in [0.5, 0.6) is 5.75 Å². The van der Waals surface area contributed by atoms with E-state index in [0.717, 1.165) is 11.6 Å². The number of carbonyl (C=O) groups excluding carboxylic acids is 1. The highest BCUT2D eigenvalue weighted by Gasteiger charge is 2.42. The van der Waals surface area contributed by atoms with Crippen molar-refractivity contribution in [1.29, 1.82) is 0 Å². The van der Waals surface area contributed by atoms with Crippen LogP contribution in [0.2, 0.25) is 0 Å². The first-order chi connectivity index (χ1) is 15.4. The van der Waals surface area contributed by atoms with Crippen molar-refractivity contribution >= 4 is 11.6 Å². The monoisotopic (exact) mass is 475 g/mol. The van der Waals surface area contributed by atoms with Crippen molar-refractivity contribution in [3.63, 3.8) is 0 Å². The van der Waals surface area contributed by atoms with Crippen LogP contribution < -0.4 is 10.1 Å². The number of halogens is 7. The van der Waals surface area contributed by atoms with Crippen LogP contribution in [0.3, 0.4) is 0 Å². The number of benzene rings is 2. The van der Waals surface area contributed by atoms with Gasteiger partial charge in [-0.15, -0.1) is 0 Å². The third kappa shape index (κ3) is 5.12. The fourth-order valence-electron chi connectivity index (χ4n) is 2.85. The van der Waals surface area contributed by atoms with E-state index in [1.54, 1.807) is 12.1 Å². The molecule has 0 saturated carbocycles. The predicted octanol–water partition coefficient (Wildman–Crippen LogP) is 6.81. The zero-order valence-corrected chi connectivity index (χ0v) is 17.1. The summed E-state index contributed by atoms with van der Waals surface area (Å²) >= 11 is 0. The molecule has 176 valence electrons. The van der Waals surface area contributed by atoms with Gasteiger partial charge >= 0.3 is 6.18 Å². The average molecular weight is 475 g/mol. The molecule has 0 atom stereocenters. The number of rotatable bonds is 6. The molecule has 0 bridgehead atoms. The zero-order valence-electron chi connectivity index (χ0n) is 17.1. The first kappa shape index (κ1) is 24.1. The largest absolute Gasteiger partial charge is 0.486 e. The van der Waals surface area contributed by atoms with Crippen molar-refractivity contribution in [1.82, 2.24) is 0 Å². The highest BCUT2D eigenvalue weighted by atomic mass is 19.4. The Kier molecular flexibility index (Phi) is 6.71. The molecule has 3 aromatic rings. The summed E-state index contributed by atoms with van der Waals surface area (Å²) < 4.78 is 104. The van der Waals surface area contributed by atoms with E-state index < -0.39 is 52.4 Å². The number of anilines is 1. The van der Waals surface area contributed by atoms with Gasteiger partial charge in [0.05, 0.1) is 0 Å². The van der Waals surface area contributed by atoms with Gasteiger partial charge in [0, 0.05) is 0 Å². The van der Waals surface area contributed by atoms with E-state index >= 15 is 0 Å². The van der Waals surface area contributed by atoms with Crippen LogP contribution in [0, 0.1) is 23.3 Å². The van der Waals surface area contributed by atoms with Crippen molar-refractivity contribution in [2.45, 2.75) is 32.5 Å². The Hall–Kier alpha value is -3.50. The minimum atomic E-state index is -5.69. The maximum atomic E-state index is 14.0. The van der Waals surface area contributed by atoms with E-state index in [-0.39, 0.29) is 12.4 Å². The Bertz CT molecular complexity index is 1140. The minimum absolute atomic E-state index is 0.124. The molecule has 1 aromatic heterocycles. The summed E-state index contributed by atoms with van der Waals surface area (Å²) in [7, 11) is 0. The van der Waals surface area contributed by atoms with Gasteiger partial charge in [0.15, 0.2) is 29.0 Å². The van der Waals surface area contributed by atoms with Crippen LogP contribution in [-0.2, 0) is 12.8 Å². The first-order valence-electron chi connectivity index (χ1n) is 9.46. The Labute approximate surface area is 183 Å². The molecule has 4 nitrogen and oxygen atoms in total. The lowest BCUT2D eigenvalue weighted by atomic mass is 10.0. The van der Waals surface area contributed by atoms with Gasteiger partial charge in [-0.1, -0.05) is 26.0 Å². The summed E-state index contributed by atoms with van der Waals surface area (Å²) in [4.78, 5) is 12.2. The molecule has 3 rings (SSSR count). The lowest BCUT2D eigenvalue weighted by molar-refractivity contribution is -0.143. The van der Waals surface area contributed by atoms with Gasteiger partial charge < -0.3 is 14.5 Å². The fourth-order valence-corrected chi connectivity index (χ4v) is 2.85. The topological polar surface area (TPSA) is 51.5 Å². The van der Waals surface area contributed by atoms with E-state index in [9.17, 15) is 35.5 Å². The standard InChI is InChI=1S/C22H16F7NO3/c1-10(2)11-3-5-12(6-4-11)32-9-13-7-8-14(33-13)21(31)30-20-18(25)16(23)15(22(27,28)29)17(24)19(20)26/h3-8,10H,9H2,1-2H3,(H,30,31). The molecule has 2 aromatic carbocycles. The highest BCUT2D eigenvalue weighted by molar-refractivity contribution is 6.02. The van der Waals surface area contributed by atoms with E-state index in [1.807, 2.05) is 26.0 Å². The molecule has 0 fully saturated rings. The summed E-state index contributed by atoms with van der Waals surface area (Å²) in [5.74, 6) is -11.1. The van der Waals surface area contributed by atoms with Gasteiger partial charge in [0.25, 0.3) is 5.91 Å². The van der Waals surface area contributed by atoms with Crippen LogP contribution in [0.1, 0.15) is 47.2 Å². The highest BCUT2D eigenvalue weighted by Crippen LogP contribution is 2.38. The second-order valence-electron chi connectivity index (χ2n) is 7.24. The number of nitrogens with one attached hydrogen (secondary N) is 1. The van der Waals surface area contributed by atoms with Crippen molar-refractivity contribution in [2.24, 2.45) is 0 Å². The van der Waals surface area contributed by atoms with Crippen LogP contribution in [-0.4, -0.2) is 5.91 Å². The Morgan fingerprint density at radius 2 is 1.52 bits per heavy atom. The third-order valence-corrected chi connectivity index (χ3v) is 4.60. The predicted molar refractivity (Wildman–Crippen MR) is 103 cm³/mol. The molecule has 1 heterocycles. The maximum Gasteiger partial charge on any atom is 0.422 e. The zero-order chi connectivity index (χ0) is 24.5. The smallest absolute Gasteiger partial charge is 0.422 e. The summed E-state index contributed by atoms with van der Waals surface area (Å²) in [5, 5.41) is 1.49. The van der Waals surface area contributed by atoms with E-state index in [2.05, 4.69) is 0 Å². The summed E-state index contributed by atoms with van der Waals surface area (Å²) in [6.45, 7) is 3.92. The molecule has 0 aliphatic carbocycles. The molecule has 0 aliphatic heterocycles. The van der Waals surface area contributed by atoms with E-state index in [4.69, 9.17) is 9.15 Å². The maximum absolute atomic E-state index is 14.0. The van der Waals surface area contributed by atoms with Gasteiger partial charge in [-0.05, 0) is 35.7 Å². The molecular weight excluding hydrogens is 459 g/mol. The SMILES string of the molecule is CC(C)c1ccc(OCc2ccc(C(=O)Nc3c(F)c(F)c(C(F)(F)F)c(F)c3F)o2)cc1. The minimum Gasteiger partial charge on any atom is -0.486 e. The summed E-state index contributed by atoms with van der Waals surface area (Å²) in [5.41, 5.74) is -3.37. The molecule has 0 unspecified atom stereocenters. The summed E-state index contributed by atoms with van der Waals surface area (Å²) in [6, 6.07) is 9.58. The van der Waals surface area contributed by atoms with Crippen molar-refractivity contribution in [3.05, 3.63) is 82.3 Å². The number of furan rings is 1. The first-order valence-corrected chi connectivity index (χ1v) is 9.46. The van der Waals surface area contributed by atoms with Gasteiger partial charge in [0.2, 0.25) is 0 Å². The Morgan fingerprint density at radius 3 is 2.03 bits per heavy atom. The van der Waals surface area contributed by atoms with Crippen LogP contribution in [0.15, 0.2) is 40.8 Å². The fraction of sp³-hybridized carbons (Fsp3) is 0.227. The molecule has 11 heteroatoms. The second-order valence-corrected chi connectivity index (χ2v) is 7.24. The second kappa shape index (κ2) is 9.16. The third-order valence-electron chi connectivity index (χ3n) is 4.60. The van der Waals surface area contributed by atoms with Crippen LogP contribution in [0.25, 0.3) is 0 Å². The molecule has 0 radical (unpaired) electrons. The van der Waals surface area contributed by atoms with Gasteiger partial charge in [-0.2, -0.15) is 13.2 Å². The van der Waals surface area contributed by atoms with Gasteiger partial charge in [-0.3, -0.25) is 4.79 Å². The van der Waals surface area contributed by atoms with Gasteiger partial charge in [-0.25, -0.2) is 17.6 Å². The average Bonchev–Trinajstić information content (AvgIpc) is 3.22. The normalized spacial score (nSPS) is 11.7. The van der Waals surface area contributed by atoms with E-state index in [1.165, 1.54) is 11.4 Å². The Morgan fingerprint density at radius 1 is 0.939 bits per heavy atom. The summed E-state index contributed by atoms with van der Waals surface area (Å²) in [6.07, 6.45) is -5.69. The molecule has 0 saturated heterocycles. The lowest BCUT2D eigenvalue weighted by Gasteiger charge is -2.14. The quantitative estimate of drug-likeness (QED) is 0.315. The molecule has 1 amide bonds. The number of hydrogen-bond donors (Lipinski definition) is 1. The van der Waals surface area contributed by atoms with Crippen LogP contribution in [0.4, 0.5) is 36.4 Å². The van der Waals surface area contributed by atoms with Crippen molar-refractivity contribution < 1.29 is 44.7 Å². The molecule has 0 spiro atoms. The van der Waals surface area contributed by atoms with Crippen LogP contribution >= 0.6 is 0 Å². The number of carbonyl (C=O) groups is 1. The molecule has 33 heavy (non-hydrogen) atoms. The van der Waals surface area contributed by atoms with Gasteiger partial charge in [0.1, 0.15) is 29.4 Å². The number of alkyl halides is 3. The number of ether oxygens (including phenoxy) is 1. The van der Waals surface area contributed by atoms with Crippen molar-refractivity contribution in [3.8, 4) is 5.75 Å². The lowest BCUT2D eigenvalue weighted by Crippen LogP contribution is -2.20. The molecule has 1 N–H and O–H groups in total. The van der Waals surface area contributed by atoms with E-state index in [0.29, 0.717) is 11.7 Å². The van der Waals surface area contributed by atoms with Crippen molar-refractivity contribution in [2.75, 3.05) is 5.32 Å². The number of hydrogen-bond acceptors (Lipinski definition) is 3. The Balaban J connectivity index is 1.73. The molecule has 0 aliphatic rings. The molecular formula is C22H16F7NO3. The number of amides is 1.